The number of benzene rings is 2. The first-order valence-electron chi connectivity index (χ1n) is 11.1. The molecule has 0 spiro atoms. The van der Waals surface area contributed by atoms with Gasteiger partial charge in [-0.2, -0.15) is 0 Å². The van der Waals surface area contributed by atoms with Gasteiger partial charge in [-0.1, -0.05) is 32.0 Å². The third kappa shape index (κ3) is 3.42. The minimum absolute atomic E-state index is 0.0513. The van der Waals surface area contributed by atoms with Crippen LogP contribution in [-0.4, -0.2) is 37.7 Å². The molecule has 6 heteroatoms. The second-order valence-electron chi connectivity index (χ2n) is 9.07. The Morgan fingerprint density at radius 3 is 2.41 bits per heavy atom. The van der Waals surface area contributed by atoms with Crippen LogP contribution < -0.4 is 14.2 Å². The zero-order valence-electron chi connectivity index (χ0n) is 19.1. The van der Waals surface area contributed by atoms with Crippen molar-refractivity contribution in [1.82, 2.24) is 0 Å². The third-order valence-corrected chi connectivity index (χ3v) is 7.18. The zero-order chi connectivity index (χ0) is 23.0. The van der Waals surface area contributed by atoms with Gasteiger partial charge < -0.3 is 19.3 Å². The number of carboxylic acid groups (broad SMARTS) is 1. The molecule has 4 rings (SSSR count). The highest BCUT2D eigenvalue weighted by Gasteiger charge is 2.55. The van der Waals surface area contributed by atoms with Crippen molar-refractivity contribution >= 4 is 11.8 Å². The second kappa shape index (κ2) is 8.49. The van der Waals surface area contributed by atoms with Crippen molar-refractivity contribution in [3.8, 4) is 28.4 Å². The molecule has 1 fully saturated rings. The Morgan fingerprint density at radius 1 is 1.06 bits per heavy atom. The summed E-state index contributed by atoms with van der Waals surface area (Å²) in [6.45, 7) is 4.17. The molecular weight excluding hydrogens is 408 g/mol. The van der Waals surface area contributed by atoms with Gasteiger partial charge in [0.1, 0.15) is 12.0 Å². The number of methoxy groups -OCH3 is 2. The molecule has 32 heavy (non-hydrogen) atoms. The van der Waals surface area contributed by atoms with E-state index in [4.69, 9.17) is 14.2 Å². The Hall–Kier alpha value is -3.02. The van der Waals surface area contributed by atoms with Crippen molar-refractivity contribution < 1.29 is 28.9 Å². The predicted molar refractivity (Wildman–Crippen MR) is 121 cm³/mol. The third-order valence-electron chi connectivity index (χ3n) is 7.18. The Morgan fingerprint density at radius 2 is 1.81 bits per heavy atom. The van der Waals surface area contributed by atoms with E-state index in [1.54, 1.807) is 14.2 Å². The molecule has 2 aromatic rings. The molecule has 0 saturated heterocycles. The van der Waals surface area contributed by atoms with Crippen LogP contribution in [0.2, 0.25) is 0 Å². The van der Waals surface area contributed by atoms with Crippen molar-refractivity contribution in [3.63, 3.8) is 0 Å². The predicted octanol–water partition coefficient (Wildman–Crippen LogP) is 5.02. The molecule has 2 atom stereocenters. The number of hydrogen-bond acceptors (Lipinski definition) is 5. The summed E-state index contributed by atoms with van der Waals surface area (Å²) in [5, 5.41) is 10.1. The molecule has 0 heterocycles. The number of carbonyl (C=O) groups excluding carboxylic acids is 1. The van der Waals surface area contributed by atoms with E-state index in [-0.39, 0.29) is 24.2 Å². The number of ether oxygens (including phenoxy) is 3. The van der Waals surface area contributed by atoms with Crippen LogP contribution in [0.15, 0.2) is 30.3 Å². The molecule has 1 saturated carbocycles. The summed E-state index contributed by atoms with van der Waals surface area (Å²) in [5.41, 5.74) is 2.49. The van der Waals surface area contributed by atoms with Gasteiger partial charge in [0.25, 0.3) is 0 Å². The molecule has 0 bridgehead atoms. The maximum absolute atomic E-state index is 12.3. The maximum Gasteiger partial charge on any atom is 0.313 e. The molecular formula is C26H30O6. The normalized spacial score (nSPS) is 21.8. The van der Waals surface area contributed by atoms with Gasteiger partial charge in [0.15, 0.2) is 17.3 Å². The largest absolute Gasteiger partial charge is 0.493 e. The van der Waals surface area contributed by atoms with Gasteiger partial charge in [0.2, 0.25) is 5.75 Å². The van der Waals surface area contributed by atoms with Gasteiger partial charge in [-0.05, 0) is 54.4 Å². The van der Waals surface area contributed by atoms with E-state index < -0.39 is 11.4 Å². The summed E-state index contributed by atoms with van der Waals surface area (Å²) < 4.78 is 17.5. The van der Waals surface area contributed by atoms with Gasteiger partial charge >= 0.3 is 5.97 Å². The number of carbonyl (C=O) groups is 2. The number of carboxylic acids is 1. The first kappa shape index (κ1) is 22.2. The summed E-state index contributed by atoms with van der Waals surface area (Å²) in [5.74, 6) is 1.01. The lowest BCUT2D eigenvalue weighted by atomic mass is 9.56. The summed E-state index contributed by atoms with van der Waals surface area (Å²) in [7, 11) is 3.10. The number of Topliss-reactive ketones (excluding diaryl/α,β-unsaturated/α-hetero) is 1. The second-order valence-corrected chi connectivity index (χ2v) is 9.07. The van der Waals surface area contributed by atoms with E-state index in [1.807, 2.05) is 30.3 Å². The molecule has 6 nitrogen and oxygen atoms in total. The molecule has 170 valence electrons. The van der Waals surface area contributed by atoms with E-state index in [9.17, 15) is 14.7 Å². The quantitative estimate of drug-likeness (QED) is 0.624. The molecule has 2 unspecified atom stereocenters. The molecule has 2 aromatic carbocycles. The van der Waals surface area contributed by atoms with Crippen LogP contribution in [0.3, 0.4) is 0 Å². The average molecular weight is 439 g/mol. The first-order valence-corrected chi connectivity index (χ1v) is 11.1. The highest BCUT2D eigenvalue weighted by molar-refractivity contribution is 6.02. The Balaban J connectivity index is 1.80. The van der Waals surface area contributed by atoms with Crippen LogP contribution in [0, 0.1) is 17.3 Å². The lowest BCUT2D eigenvalue weighted by Gasteiger charge is -2.48. The monoisotopic (exact) mass is 438 g/mol. The van der Waals surface area contributed by atoms with E-state index in [1.165, 1.54) is 0 Å². The molecule has 1 N–H and O–H groups in total. The van der Waals surface area contributed by atoms with Gasteiger partial charge in [-0.25, -0.2) is 0 Å². The number of hydrogen-bond donors (Lipinski definition) is 1. The summed E-state index contributed by atoms with van der Waals surface area (Å²) in [4.78, 5) is 24.6. The summed E-state index contributed by atoms with van der Waals surface area (Å²) >= 11 is 0. The molecule has 2 aliphatic carbocycles. The fourth-order valence-electron chi connectivity index (χ4n) is 5.34. The van der Waals surface area contributed by atoms with Crippen LogP contribution in [0.25, 0.3) is 11.1 Å². The van der Waals surface area contributed by atoms with Gasteiger partial charge in [0.05, 0.1) is 14.2 Å². The topological polar surface area (TPSA) is 82.1 Å². The maximum atomic E-state index is 12.3. The van der Waals surface area contributed by atoms with Crippen LogP contribution in [0.5, 0.6) is 17.2 Å². The highest BCUT2D eigenvalue weighted by atomic mass is 16.5. The van der Waals surface area contributed by atoms with Crippen molar-refractivity contribution in [2.75, 3.05) is 20.8 Å². The van der Waals surface area contributed by atoms with E-state index in [2.05, 4.69) is 13.8 Å². The number of aliphatic carboxylic acids is 1. The van der Waals surface area contributed by atoms with Gasteiger partial charge in [0, 0.05) is 17.5 Å². The molecule has 0 radical (unpaired) electrons. The smallest absolute Gasteiger partial charge is 0.313 e. The van der Waals surface area contributed by atoms with E-state index >= 15 is 0 Å². The number of rotatable bonds is 8. The van der Waals surface area contributed by atoms with Gasteiger partial charge in [-0.3, -0.25) is 9.59 Å². The van der Waals surface area contributed by atoms with Crippen molar-refractivity contribution in [2.45, 2.75) is 39.5 Å². The standard InChI is InChI=1S/C26H30O6/c1-15(2)20-12-13-26(20,25(28)29)14-32-23-19(9-11-22(30-3)24(23)31-4)16-6-5-7-18-17(16)8-10-21(18)27/h5-7,9,11,15,20H,8,10,12-14H2,1-4H3,(H,28,29). The van der Waals surface area contributed by atoms with Crippen molar-refractivity contribution in [2.24, 2.45) is 17.3 Å². The summed E-state index contributed by atoms with van der Waals surface area (Å²) in [6, 6.07) is 9.40. The van der Waals surface area contributed by atoms with Gasteiger partial charge in [-0.15, -0.1) is 0 Å². The van der Waals surface area contributed by atoms with Crippen molar-refractivity contribution in [3.05, 3.63) is 41.5 Å². The SMILES string of the molecule is COc1ccc(-c2cccc3c2CCC3=O)c(OCC2(C(=O)O)CCC2C(C)C)c1OC. The highest BCUT2D eigenvalue weighted by Crippen LogP contribution is 2.53. The Kier molecular flexibility index (Phi) is 5.89. The minimum atomic E-state index is -0.922. The average Bonchev–Trinajstić information content (AvgIpc) is 3.13. The van der Waals surface area contributed by atoms with E-state index in [0.29, 0.717) is 36.5 Å². The molecule has 2 aliphatic rings. The fourth-order valence-corrected chi connectivity index (χ4v) is 5.34. The fraction of sp³-hybridized carbons (Fsp3) is 0.462. The van der Waals surface area contributed by atoms with E-state index in [0.717, 1.165) is 28.7 Å². The van der Waals surface area contributed by atoms with Crippen LogP contribution >= 0.6 is 0 Å². The molecule has 0 aliphatic heterocycles. The van der Waals surface area contributed by atoms with Crippen LogP contribution in [0.1, 0.15) is 49.0 Å². The first-order chi connectivity index (χ1) is 15.3. The molecule has 0 aromatic heterocycles. The minimum Gasteiger partial charge on any atom is -0.493 e. The number of ketones is 1. The lowest BCUT2D eigenvalue weighted by molar-refractivity contribution is -0.168. The van der Waals surface area contributed by atoms with Crippen LogP contribution in [-0.2, 0) is 11.2 Å². The van der Waals surface area contributed by atoms with Crippen molar-refractivity contribution in [1.29, 1.82) is 0 Å². The molecule has 0 amide bonds. The number of fused-ring (bicyclic) bond motifs is 1. The van der Waals surface area contributed by atoms with Crippen LogP contribution in [0.4, 0.5) is 0 Å². The Labute approximate surface area is 188 Å². The zero-order valence-corrected chi connectivity index (χ0v) is 19.1. The lowest BCUT2D eigenvalue weighted by Crippen LogP contribution is -2.52. The Bertz CT molecular complexity index is 1060. The summed E-state index contributed by atoms with van der Waals surface area (Å²) in [6.07, 6.45) is 2.63.